The van der Waals surface area contributed by atoms with E-state index in [1.807, 2.05) is 136 Å². The highest BCUT2D eigenvalue weighted by molar-refractivity contribution is 6.03. The second kappa shape index (κ2) is 16.4. The molecule has 0 aliphatic heterocycles. The third-order valence-electron chi connectivity index (χ3n) is 10.5. The fourth-order valence-electron chi connectivity index (χ4n) is 7.75. The zero-order valence-corrected chi connectivity index (χ0v) is 33.9. The van der Waals surface area contributed by atoms with Crippen molar-refractivity contribution in [1.29, 1.82) is 0 Å². The third kappa shape index (κ3) is 7.63. The summed E-state index contributed by atoms with van der Waals surface area (Å²) >= 11 is 0. The van der Waals surface area contributed by atoms with Gasteiger partial charge in [0.25, 0.3) is 0 Å². The molecule has 1 amide bonds. The molecular weight excluding hydrogens is 749 g/mol. The van der Waals surface area contributed by atoms with Crippen molar-refractivity contribution in [3.63, 3.8) is 0 Å². The molecule has 0 saturated heterocycles. The average molecular weight is 793 g/mol. The number of nitrogens with zero attached hydrogens (tertiary/aromatic N) is 6. The molecule has 0 aliphatic rings. The number of carboxylic acids is 1. The van der Waals surface area contributed by atoms with Gasteiger partial charge in [0.2, 0.25) is 0 Å². The van der Waals surface area contributed by atoms with Gasteiger partial charge in [0.05, 0.1) is 23.3 Å². The van der Waals surface area contributed by atoms with Gasteiger partial charge < -0.3 is 9.84 Å². The Bertz CT molecular complexity index is 2690. The quantitative estimate of drug-likeness (QED) is 0.128. The van der Waals surface area contributed by atoms with Crippen LogP contribution in [0.2, 0.25) is 0 Å². The molecule has 0 atom stereocenters. The topological polar surface area (TPSA) is 123 Å². The number of hydrogen-bond donors (Lipinski definition) is 1. The summed E-state index contributed by atoms with van der Waals surface area (Å²) in [6.07, 6.45) is 0.0598. The van der Waals surface area contributed by atoms with E-state index in [9.17, 15) is 14.7 Å². The molecule has 8 aromatic rings. The number of benzene rings is 6. The smallest absolute Gasteiger partial charge is 0.415 e. The van der Waals surface area contributed by atoms with Crippen molar-refractivity contribution in [1.82, 2.24) is 25.2 Å². The van der Waals surface area contributed by atoms with Crippen LogP contribution < -0.4 is 4.90 Å². The first-order valence-electron chi connectivity index (χ1n) is 19.9. The molecule has 10 nitrogen and oxygen atoms in total. The maximum atomic E-state index is 14.1. The molecule has 0 spiro atoms. The summed E-state index contributed by atoms with van der Waals surface area (Å²) in [6.45, 7) is 7.60. The van der Waals surface area contributed by atoms with Gasteiger partial charge in [0, 0.05) is 16.6 Å². The van der Waals surface area contributed by atoms with Crippen LogP contribution in [-0.4, -0.2) is 48.0 Å². The first kappa shape index (κ1) is 39.4. The minimum atomic E-state index is -1.07. The minimum absolute atomic E-state index is 0.0986. The van der Waals surface area contributed by atoms with Gasteiger partial charge in [-0.1, -0.05) is 146 Å². The lowest BCUT2D eigenvalue weighted by Crippen LogP contribution is -2.39. The number of carboxylic acid groups (broad SMARTS) is 1. The summed E-state index contributed by atoms with van der Waals surface area (Å²) in [5.74, 6) is -0.485. The highest BCUT2D eigenvalue weighted by Crippen LogP contribution is 2.43. The second-order valence-corrected chi connectivity index (χ2v) is 15.6. The van der Waals surface area contributed by atoms with E-state index in [1.54, 1.807) is 17.0 Å². The summed E-state index contributed by atoms with van der Waals surface area (Å²) in [7, 11) is 0. The summed E-state index contributed by atoms with van der Waals surface area (Å²) in [6, 6.07) is 53.6. The lowest BCUT2D eigenvalue weighted by atomic mass is 9.77. The van der Waals surface area contributed by atoms with Crippen LogP contribution in [0.15, 0.2) is 164 Å². The zero-order valence-electron chi connectivity index (χ0n) is 33.9. The number of ether oxygens (including phenoxy) is 1. The lowest BCUT2D eigenvalue weighted by Gasteiger charge is -2.36. The Morgan fingerprint density at radius 1 is 0.700 bits per heavy atom. The van der Waals surface area contributed by atoms with E-state index in [1.165, 1.54) is 6.07 Å². The Hall–Kier alpha value is -7.46. The molecule has 298 valence electrons. The van der Waals surface area contributed by atoms with Crippen molar-refractivity contribution in [2.75, 3.05) is 4.90 Å². The molecule has 10 heteroatoms. The molecule has 0 saturated carbocycles. The number of aromatic carboxylic acids is 1. The van der Waals surface area contributed by atoms with Gasteiger partial charge in [-0.3, -0.25) is 9.88 Å². The molecule has 2 aromatic heterocycles. The van der Waals surface area contributed by atoms with Crippen molar-refractivity contribution >= 4 is 28.7 Å². The summed E-state index contributed by atoms with van der Waals surface area (Å²) in [5.41, 5.74) is 6.78. The van der Waals surface area contributed by atoms with Crippen LogP contribution in [0.4, 0.5) is 10.5 Å². The van der Waals surface area contributed by atoms with Crippen molar-refractivity contribution in [3.8, 4) is 22.5 Å². The Morgan fingerprint density at radius 2 is 1.27 bits per heavy atom. The first-order chi connectivity index (χ1) is 29.1. The molecule has 2 heterocycles. The van der Waals surface area contributed by atoms with Crippen LogP contribution in [0.5, 0.6) is 0 Å². The number of aryl methyl sites for hydroxylation is 1. The number of carbonyl (C=O) groups excluding carboxylic acids is 1. The predicted octanol–water partition coefficient (Wildman–Crippen LogP) is 10.6. The van der Waals surface area contributed by atoms with E-state index in [0.29, 0.717) is 28.8 Å². The number of tetrazole rings is 1. The molecular formula is C50H44N6O4. The Kier molecular flexibility index (Phi) is 10.8. The van der Waals surface area contributed by atoms with Crippen LogP contribution in [0.3, 0.4) is 0 Å². The Labute approximate surface area is 348 Å². The first-order valence-corrected chi connectivity index (χ1v) is 19.9. The molecule has 0 aliphatic carbocycles. The molecule has 1 N–H and O–H groups in total. The van der Waals surface area contributed by atoms with E-state index in [-0.39, 0.29) is 12.1 Å². The summed E-state index contributed by atoms with van der Waals surface area (Å²) < 4.78 is 7.87. The van der Waals surface area contributed by atoms with Crippen LogP contribution in [0.25, 0.3) is 33.4 Å². The fraction of sp³-hybridized carbons (Fsp3) is 0.160. The van der Waals surface area contributed by atoms with Crippen molar-refractivity contribution in [2.45, 2.75) is 51.8 Å². The lowest BCUT2D eigenvalue weighted by molar-refractivity contribution is 0.0577. The standard InChI is InChI=1S/C50H44N6O4/c1-5-40-32-45(43-31-36(47(57)58)29-30-44(43)51-40)55(48(59)60-49(2,3)4)33-34-25-27-35(28-26-34)41-23-15-16-24-42(41)46-52-53-54-56(46)50(37-17-9-6-10-18-37,38-19-11-7-12-20-38)39-21-13-8-14-22-39/h6-32H,5,33H2,1-4H3,(H,57,58). The van der Waals surface area contributed by atoms with Crippen molar-refractivity contribution in [3.05, 3.63) is 197 Å². The molecule has 0 fully saturated rings. The molecule has 0 unspecified atom stereocenters. The van der Waals surface area contributed by atoms with E-state index >= 15 is 0 Å². The van der Waals surface area contributed by atoms with Crippen molar-refractivity contribution in [2.24, 2.45) is 0 Å². The van der Waals surface area contributed by atoms with Crippen molar-refractivity contribution < 1.29 is 19.4 Å². The van der Waals surface area contributed by atoms with Crippen LogP contribution in [-0.2, 0) is 23.2 Å². The minimum Gasteiger partial charge on any atom is -0.478 e. The van der Waals surface area contributed by atoms with Gasteiger partial charge in [-0.15, -0.1) is 5.10 Å². The van der Waals surface area contributed by atoms with Gasteiger partial charge in [-0.05, 0) is 95.3 Å². The van der Waals surface area contributed by atoms with E-state index < -0.39 is 23.2 Å². The number of anilines is 1. The maximum absolute atomic E-state index is 14.1. The van der Waals surface area contributed by atoms with Crippen LogP contribution >= 0.6 is 0 Å². The highest BCUT2D eigenvalue weighted by atomic mass is 16.6. The third-order valence-corrected chi connectivity index (χ3v) is 10.5. The van der Waals surface area contributed by atoms with Gasteiger partial charge in [-0.25, -0.2) is 14.3 Å². The van der Waals surface area contributed by atoms with Crippen LogP contribution in [0, 0.1) is 0 Å². The Morgan fingerprint density at radius 3 is 1.82 bits per heavy atom. The van der Waals surface area contributed by atoms with E-state index in [4.69, 9.17) is 20.0 Å². The summed E-state index contributed by atoms with van der Waals surface area (Å²) in [5, 5.41) is 24.2. The highest BCUT2D eigenvalue weighted by Gasteiger charge is 2.42. The molecule has 6 aromatic carbocycles. The number of fused-ring (bicyclic) bond motifs is 1. The number of pyridine rings is 1. The van der Waals surface area contributed by atoms with E-state index in [2.05, 4.69) is 47.7 Å². The Balaban J connectivity index is 1.22. The van der Waals surface area contributed by atoms with Crippen LogP contribution in [0.1, 0.15) is 66.0 Å². The number of carbonyl (C=O) groups is 2. The van der Waals surface area contributed by atoms with Gasteiger partial charge in [-0.2, -0.15) is 0 Å². The molecule has 8 rings (SSSR count). The largest absolute Gasteiger partial charge is 0.478 e. The SMILES string of the molecule is CCc1cc(N(Cc2ccc(-c3ccccc3-c3nnnn3C(c3ccccc3)(c3ccccc3)c3ccccc3)cc2)C(=O)OC(C)(C)C)c2cc(C(=O)O)ccc2n1. The number of amides is 1. The van der Waals surface area contributed by atoms with Gasteiger partial charge >= 0.3 is 12.1 Å². The number of rotatable bonds is 11. The van der Waals surface area contributed by atoms with E-state index in [0.717, 1.165) is 44.6 Å². The molecule has 60 heavy (non-hydrogen) atoms. The maximum Gasteiger partial charge on any atom is 0.415 e. The molecule has 0 radical (unpaired) electrons. The fourth-order valence-corrected chi connectivity index (χ4v) is 7.75. The normalized spacial score (nSPS) is 11.7. The zero-order chi connectivity index (χ0) is 41.9. The predicted molar refractivity (Wildman–Crippen MR) is 234 cm³/mol. The van der Waals surface area contributed by atoms with Gasteiger partial charge in [0.15, 0.2) is 5.82 Å². The molecule has 0 bridgehead atoms. The second-order valence-electron chi connectivity index (χ2n) is 15.6. The number of hydrogen-bond acceptors (Lipinski definition) is 7. The van der Waals surface area contributed by atoms with Gasteiger partial charge in [0.1, 0.15) is 11.1 Å². The monoisotopic (exact) mass is 792 g/mol. The number of aromatic nitrogens is 5. The summed E-state index contributed by atoms with van der Waals surface area (Å²) in [4.78, 5) is 32.4. The average Bonchev–Trinajstić information content (AvgIpc) is 3.76.